The number of carbonyl (C=O) groups excluding carboxylic acids is 2. The lowest BCUT2D eigenvalue weighted by atomic mass is 10.2. The maximum atomic E-state index is 12.3. The molecule has 0 radical (unpaired) electrons. The van der Waals surface area contributed by atoms with E-state index in [4.69, 9.17) is 5.73 Å². The number of nitrogens with zero attached hydrogens (tertiary/aromatic N) is 3. The summed E-state index contributed by atoms with van der Waals surface area (Å²) >= 11 is 0. The number of hydrogen-bond acceptors (Lipinski definition) is 4. The van der Waals surface area contributed by atoms with E-state index in [1.165, 1.54) is 11.1 Å². The molecule has 1 aromatic heterocycles. The summed E-state index contributed by atoms with van der Waals surface area (Å²) in [5.41, 5.74) is 6.81. The first kappa shape index (κ1) is 14.3. The van der Waals surface area contributed by atoms with E-state index >= 15 is 0 Å². The molecular formula is C14H20N4O2. The van der Waals surface area contributed by atoms with E-state index in [2.05, 4.69) is 4.98 Å². The highest BCUT2D eigenvalue weighted by Crippen LogP contribution is 2.20. The molecule has 1 aromatic rings. The van der Waals surface area contributed by atoms with Gasteiger partial charge in [-0.05, 0) is 25.0 Å². The molecule has 0 saturated carbocycles. The van der Waals surface area contributed by atoms with Crippen molar-refractivity contribution in [2.75, 3.05) is 26.4 Å². The molecular weight excluding hydrogens is 256 g/mol. The molecule has 0 spiro atoms. The number of nitrogens with two attached hydrogens (primary N) is 1. The van der Waals surface area contributed by atoms with E-state index in [-0.39, 0.29) is 24.3 Å². The molecule has 1 saturated heterocycles. The van der Waals surface area contributed by atoms with E-state index in [0.717, 1.165) is 12.8 Å². The van der Waals surface area contributed by atoms with Crippen LogP contribution in [0.4, 0.5) is 5.69 Å². The van der Waals surface area contributed by atoms with Gasteiger partial charge in [0.2, 0.25) is 11.8 Å². The normalized spacial score (nSPS) is 18.1. The maximum Gasteiger partial charge on any atom is 0.244 e. The Kier molecular flexibility index (Phi) is 4.22. The minimum Gasteiger partial charge on any atom is -0.397 e. The molecule has 6 nitrogen and oxygen atoms in total. The SMILES string of the molecule is CN(C)C(=O)C1CCCN1C(=O)Cc1ccc(N)cn1. The van der Waals surface area contributed by atoms with Crippen molar-refractivity contribution in [2.24, 2.45) is 0 Å². The lowest BCUT2D eigenvalue weighted by Gasteiger charge is -2.26. The molecule has 1 atom stereocenters. The Morgan fingerprint density at radius 3 is 2.80 bits per heavy atom. The predicted octanol–water partition coefficient (Wildman–Crippen LogP) is 0.285. The van der Waals surface area contributed by atoms with Crippen LogP contribution in [0.3, 0.4) is 0 Å². The summed E-state index contributed by atoms with van der Waals surface area (Å²) in [7, 11) is 3.43. The van der Waals surface area contributed by atoms with Gasteiger partial charge in [-0.2, -0.15) is 0 Å². The van der Waals surface area contributed by atoms with Gasteiger partial charge >= 0.3 is 0 Å². The summed E-state index contributed by atoms with van der Waals surface area (Å²) in [6.45, 7) is 0.637. The Morgan fingerprint density at radius 2 is 2.20 bits per heavy atom. The van der Waals surface area contributed by atoms with Crippen molar-refractivity contribution in [1.29, 1.82) is 0 Å². The van der Waals surface area contributed by atoms with E-state index in [1.807, 2.05) is 0 Å². The van der Waals surface area contributed by atoms with Gasteiger partial charge < -0.3 is 15.5 Å². The first-order chi connectivity index (χ1) is 9.49. The third-order valence-corrected chi connectivity index (χ3v) is 3.48. The second-order valence-corrected chi connectivity index (χ2v) is 5.24. The molecule has 20 heavy (non-hydrogen) atoms. The monoisotopic (exact) mass is 276 g/mol. The molecule has 1 fully saturated rings. The number of rotatable bonds is 3. The first-order valence-corrected chi connectivity index (χ1v) is 6.70. The zero-order chi connectivity index (χ0) is 14.7. The Balaban J connectivity index is 2.04. The van der Waals surface area contributed by atoms with Crippen LogP contribution in [0.5, 0.6) is 0 Å². The molecule has 0 aliphatic carbocycles. The number of amides is 2. The van der Waals surface area contributed by atoms with E-state index in [9.17, 15) is 9.59 Å². The van der Waals surface area contributed by atoms with Crippen LogP contribution in [0, 0.1) is 0 Å². The van der Waals surface area contributed by atoms with E-state index in [1.54, 1.807) is 31.1 Å². The predicted molar refractivity (Wildman–Crippen MR) is 75.8 cm³/mol. The average molecular weight is 276 g/mol. The second-order valence-electron chi connectivity index (χ2n) is 5.24. The van der Waals surface area contributed by atoms with Crippen LogP contribution in [-0.2, 0) is 16.0 Å². The number of likely N-dealkylation sites (N-methyl/N-ethyl adjacent to an activating group) is 1. The van der Waals surface area contributed by atoms with Gasteiger partial charge in [0.25, 0.3) is 0 Å². The van der Waals surface area contributed by atoms with Crippen LogP contribution in [0.2, 0.25) is 0 Å². The minimum absolute atomic E-state index is 0.0129. The lowest BCUT2D eigenvalue weighted by molar-refractivity contribution is -0.141. The molecule has 108 valence electrons. The van der Waals surface area contributed by atoms with Gasteiger partial charge in [0.15, 0.2) is 0 Å². The van der Waals surface area contributed by atoms with Crippen molar-refractivity contribution in [1.82, 2.24) is 14.8 Å². The van der Waals surface area contributed by atoms with Crippen molar-refractivity contribution < 1.29 is 9.59 Å². The lowest BCUT2D eigenvalue weighted by Crippen LogP contribution is -2.46. The quantitative estimate of drug-likeness (QED) is 0.860. The van der Waals surface area contributed by atoms with Crippen molar-refractivity contribution >= 4 is 17.5 Å². The second kappa shape index (κ2) is 5.90. The minimum atomic E-state index is -0.328. The molecule has 0 aromatic carbocycles. The van der Waals surface area contributed by atoms with Crippen molar-refractivity contribution in [3.05, 3.63) is 24.0 Å². The highest BCUT2D eigenvalue weighted by atomic mass is 16.2. The molecule has 0 bridgehead atoms. The molecule has 6 heteroatoms. The Morgan fingerprint density at radius 1 is 1.45 bits per heavy atom. The van der Waals surface area contributed by atoms with Crippen LogP contribution in [-0.4, -0.2) is 53.3 Å². The highest BCUT2D eigenvalue weighted by molar-refractivity contribution is 5.88. The summed E-state index contributed by atoms with van der Waals surface area (Å²) in [5.74, 6) is -0.0684. The van der Waals surface area contributed by atoms with E-state index < -0.39 is 0 Å². The van der Waals surface area contributed by atoms with E-state index in [0.29, 0.717) is 17.9 Å². The molecule has 1 unspecified atom stereocenters. The maximum absolute atomic E-state index is 12.3. The number of aromatic nitrogens is 1. The van der Waals surface area contributed by atoms with Crippen LogP contribution in [0.25, 0.3) is 0 Å². The van der Waals surface area contributed by atoms with Gasteiger partial charge in [-0.15, -0.1) is 0 Å². The first-order valence-electron chi connectivity index (χ1n) is 6.70. The largest absolute Gasteiger partial charge is 0.397 e. The van der Waals surface area contributed by atoms with Crippen LogP contribution < -0.4 is 5.73 Å². The average Bonchev–Trinajstić information content (AvgIpc) is 2.89. The number of anilines is 1. The van der Waals surface area contributed by atoms with Crippen molar-refractivity contribution in [3.63, 3.8) is 0 Å². The molecule has 2 N–H and O–H groups in total. The third-order valence-electron chi connectivity index (χ3n) is 3.48. The van der Waals surface area contributed by atoms with Crippen LogP contribution >= 0.6 is 0 Å². The van der Waals surface area contributed by atoms with Gasteiger partial charge in [0, 0.05) is 26.3 Å². The molecule has 2 amide bonds. The standard InChI is InChI=1S/C14H20N4O2/c1-17(2)14(20)12-4-3-7-18(12)13(19)8-11-6-5-10(15)9-16-11/h5-6,9,12H,3-4,7-8,15H2,1-2H3. The van der Waals surface area contributed by atoms with Crippen LogP contribution in [0.1, 0.15) is 18.5 Å². The number of pyridine rings is 1. The fourth-order valence-electron chi connectivity index (χ4n) is 2.42. The highest BCUT2D eigenvalue weighted by Gasteiger charge is 2.34. The van der Waals surface area contributed by atoms with Gasteiger partial charge in [-0.1, -0.05) is 0 Å². The van der Waals surface area contributed by atoms with Gasteiger partial charge in [-0.25, -0.2) is 0 Å². The number of likely N-dealkylation sites (tertiary alicyclic amines) is 1. The smallest absolute Gasteiger partial charge is 0.244 e. The number of hydrogen-bond donors (Lipinski definition) is 1. The van der Waals surface area contributed by atoms with Gasteiger partial charge in [0.1, 0.15) is 6.04 Å². The summed E-state index contributed by atoms with van der Waals surface area (Å²) in [6.07, 6.45) is 3.34. The summed E-state index contributed by atoms with van der Waals surface area (Å²) in [6, 6.07) is 3.14. The number of carbonyl (C=O) groups is 2. The number of nitrogen functional groups attached to an aromatic ring is 1. The zero-order valence-corrected chi connectivity index (χ0v) is 11.9. The summed E-state index contributed by atoms with van der Waals surface area (Å²) < 4.78 is 0. The topological polar surface area (TPSA) is 79.5 Å². The molecule has 2 rings (SSSR count). The fourth-order valence-corrected chi connectivity index (χ4v) is 2.42. The Bertz CT molecular complexity index is 498. The zero-order valence-electron chi connectivity index (χ0n) is 11.9. The summed E-state index contributed by atoms with van der Waals surface area (Å²) in [5, 5.41) is 0. The summed E-state index contributed by atoms with van der Waals surface area (Å²) in [4.78, 5) is 31.7. The van der Waals surface area contributed by atoms with Crippen molar-refractivity contribution in [2.45, 2.75) is 25.3 Å². The Hall–Kier alpha value is -2.11. The Labute approximate surface area is 118 Å². The molecule has 1 aliphatic heterocycles. The van der Waals surface area contributed by atoms with Crippen molar-refractivity contribution in [3.8, 4) is 0 Å². The van der Waals surface area contributed by atoms with Crippen LogP contribution in [0.15, 0.2) is 18.3 Å². The fraction of sp³-hybridized carbons (Fsp3) is 0.500. The third kappa shape index (κ3) is 3.07. The van der Waals surface area contributed by atoms with Gasteiger partial charge in [-0.3, -0.25) is 14.6 Å². The van der Waals surface area contributed by atoms with Gasteiger partial charge in [0.05, 0.1) is 18.3 Å². The molecule has 1 aliphatic rings. The molecule has 2 heterocycles.